The maximum Gasteiger partial charge on any atom is 0.274 e. The van der Waals surface area contributed by atoms with Gasteiger partial charge in [0.05, 0.1) is 6.61 Å². The van der Waals surface area contributed by atoms with Gasteiger partial charge in [0.1, 0.15) is 11.4 Å². The Balaban J connectivity index is 1.72. The minimum atomic E-state index is -0.300. The third-order valence-electron chi connectivity index (χ3n) is 4.16. The minimum Gasteiger partial charge on any atom is -0.494 e. The highest BCUT2D eigenvalue weighted by Crippen LogP contribution is 2.21. The van der Waals surface area contributed by atoms with Crippen molar-refractivity contribution < 1.29 is 9.53 Å². The van der Waals surface area contributed by atoms with Crippen LogP contribution in [0.2, 0.25) is 0 Å². The molecule has 0 aliphatic rings. The lowest BCUT2D eigenvalue weighted by molar-refractivity contribution is 0.102. The molecule has 1 aromatic heterocycles. The molecule has 0 radical (unpaired) electrons. The molecule has 0 saturated carbocycles. The average Bonchev–Trinajstić information content (AvgIpc) is 2.67. The van der Waals surface area contributed by atoms with Crippen LogP contribution in [0, 0.1) is 13.8 Å². The highest BCUT2D eigenvalue weighted by molar-refractivity contribution is 6.03. The van der Waals surface area contributed by atoms with E-state index in [1.807, 2.05) is 51.1 Å². The van der Waals surface area contributed by atoms with Gasteiger partial charge in [0.25, 0.3) is 5.91 Å². The van der Waals surface area contributed by atoms with Crippen LogP contribution in [0.15, 0.2) is 54.7 Å². The zero-order valence-corrected chi connectivity index (χ0v) is 15.6. The first-order valence-corrected chi connectivity index (χ1v) is 8.77. The Morgan fingerprint density at radius 1 is 1.07 bits per heavy atom. The van der Waals surface area contributed by atoms with Crippen LogP contribution >= 0.6 is 0 Å². The van der Waals surface area contributed by atoms with E-state index >= 15 is 0 Å². The number of benzene rings is 2. The van der Waals surface area contributed by atoms with E-state index in [0.29, 0.717) is 18.2 Å². The lowest BCUT2D eigenvalue weighted by Crippen LogP contribution is -2.14. The van der Waals surface area contributed by atoms with Gasteiger partial charge in [-0.3, -0.25) is 4.79 Å². The summed E-state index contributed by atoms with van der Waals surface area (Å²) in [7, 11) is 0. The van der Waals surface area contributed by atoms with Crippen LogP contribution in [0.4, 0.5) is 17.3 Å². The molecule has 1 amide bonds. The molecule has 2 aromatic carbocycles. The van der Waals surface area contributed by atoms with Gasteiger partial charge in [-0.15, -0.1) is 0 Å². The molecule has 3 aromatic rings. The fraction of sp³-hybridized carbons (Fsp3) is 0.190. The molecule has 3 rings (SSSR count). The van der Waals surface area contributed by atoms with Crippen molar-refractivity contribution in [2.24, 2.45) is 0 Å². The molecule has 1 heterocycles. The number of anilines is 3. The van der Waals surface area contributed by atoms with Crippen molar-refractivity contribution >= 4 is 23.2 Å². The first kappa shape index (κ1) is 18.4. The van der Waals surface area contributed by atoms with Crippen LogP contribution in [0.5, 0.6) is 5.75 Å². The number of hydrogen-bond acceptors (Lipinski definition) is 5. The summed E-state index contributed by atoms with van der Waals surface area (Å²) in [6.07, 6.45) is 1.56. The van der Waals surface area contributed by atoms with Crippen molar-refractivity contribution in [3.05, 3.63) is 71.5 Å². The van der Waals surface area contributed by atoms with E-state index in [0.717, 1.165) is 17.0 Å². The first-order valence-electron chi connectivity index (χ1n) is 8.77. The first-order chi connectivity index (χ1) is 13.1. The lowest BCUT2D eigenvalue weighted by Gasteiger charge is -2.11. The summed E-state index contributed by atoms with van der Waals surface area (Å²) < 4.78 is 5.40. The molecular formula is C21H22N4O2. The van der Waals surface area contributed by atoms with Crippen LogP contribution in [-0.2, 0) is 0 Å². The zero-order valence-electron chi connectivity index (χ0n) is 15.6. The second kappa shape index (κ2) is 8.31. The molecule has 2 N–H and O–H groups in total. The molecule has 0 unspecified atom stereocenters. The maximum absolute atomic E-state index is 12.5. The van der Waals surface area contributed by atoms with Gasteiger partial charge in [-0.1, -0.05) is 12.1 Å². The van der Waals surface area contributed by atoms with E-state index in [9.17, 15) is 4.79 Å². The van der Waals surface area contributed by atoms with Gasteiger partial charge in [0.15, 0.2) is 0 Å². The van der Waals surface area contributed by atoms with E-state index in [1.54, 1.807) is 24.4 Å². The van der Waals surface area contributed by atoms with Crippen molar-refractivity contribution in [3.63, 3.8) is 0 Å². The Bertz CT molecular complexity index is 939. The van der Waals surface area contributed by atoms with Gasteiger partial charge in [0.2, 0.25) is 5.95 Å². The van der Waals surface area contributed by atoms with Crippen molar-refractivity contribution in [1.82, 2.24) is 9.97 Å². The van der Waals surface area contributed by atoms with Gasteiger partial charge < -0.3 is 15.4 Å². The van der Waals surface area contributed by atoms with Crippen molar-refractivity contribution in [1.29, 1.82) is 0 Å². The van der Waals surface area contributed by atoms with Crippen LogP contribution < -0.4 is 15.4 Å². The molecule has 0 atom stereocenters. The van der Waals surface area contributed by atoms with Gasteiger partial charge in [-0.05, 0) is 68.3 Å². The van der Waals surface area contributed by atoms with Crippen molar-refractivity contribution in [3.8, 4) is 5.75 Å². The van der Waals surface area contributed by atoms with E-state index in [-0.39, 0.29) is 11.6 Å². The molecule has 138 valence electrons. The number of carbonyl (C=O) groups is 1. The summed E-state index contributed by atoms with van der Waals surface area (Å²) in [5, 5.41) is 6.00. The van der Waals surface area contributed by atoms with E-state index in [1.165, 1.54) is 5.56 Å². The monoisotopic (exact) mass is 362 g/mol. The highest BCUT2D eigenvalue weighted by Gasteiger charge is 2.10. The van der Waals surface area contributed by atoms with Crippen LogP contribution in [0.25, 0.3) is 0 Å². The number of ether oxygens (including phenoxy) is 1. The number of hydrogen-bond donors (Lipinski definition) is 2. The highest BCUT2D eigenvalue weighted by atomic mass is 16.5. The van der Waals surface area contributed by atoms with E-state index < -0.39 is 0 Å². The van der Waals surface area contributed by atoms with Gasteiger partial charge in [-0.2, -0.15) is 0 Å². The molecule has 0 fully saturated rings. The van der Waals surface area contributed by atoms with Gasteiger partial charge in [-0.25, -0.2) is 9.97 Å². The Morgan fingerprint density at radius 3 is 2.59 bits per heavy atom. The molecule has 0 aliphatic heterocycles. The summed E-state index contributed by atoms with van der Waals surface area (Å²) in [6.45, 7) is 6.60. The molecule has 6 heteroatoms. The van der Waals surface area contributed by atoms with Crippen molar-refractivity contribution in [2.45, 2.75) is 20.8 Å². The number of nitrogens with one attached hydrogen (secondary N) is 2. The molecule has 0 spiro atoms. The van der Waals surface area contributed by atoms with E-state index in [4.69, 9.17) is 4.74 Å². The van der Waals surface area contributed by atoms with Gasteiger partial charge >= 0.3 is 0 Å². The predicted molar refractivity (Wildman–Crippen MR) is 107 cm³/mol. The quantitative estimate of drug-likeness (QED) is 0.676. The Hall–Kier alpha value is -3.41. The summed E-state index contributed by atoms with van der Waals surface area (Å²) in [5.74, 6) is 0.839. The summed E-state index contributed by atoms with van der Waals surface area (Å²) >= 11 is 0. The second-order valence-corrected chi connectivity index (χ2v) is 6.05. The van der Waals surface area contributed by atoms with Crippen LogP contribution in [-0.4, -0.2) is 22.5 Å². The topological polar surface area (TPSA) is 76.1 Å². The second-order valence-electron chi connectivity index (χ2n) is 6.05. The largest absolute Gasteiger partial charge is 0.494 e. The summed E-state index contributed by atoms with van der Waals surface area (Å²) in [6, 6.07) is 14.8. The average molecular weight is 362 g/mol. The Labute approximate surface area is 158 Å². The summed E-state index contributed by atoms with van der Waals surface area (Å²) in [4.78, 5) is 21.0. The molecule has 0 bridgehead atoms. The van der Waals surface area contributed by atoms with Crippen molar-refractivity contribution in [2.75, 3.05) is 17.2 Å². The van der Waals surface area contributed by atoms with E-state index in [2.05, 4.69) is 20.6 Å². The number of amides is 1. The number of aromatic nitrogens is 2. The Kier molecular flexibility index (Phi) is 5.66. The molecule has 27 heavy (non-hydrogen) atoms. The summed E-state index contributed by atoms with van der Waals surface area (Å²) in [5.41, 5.74) is 4.16. The molecule has 0 saturated heterocycles. The maximum atomic E-state index is 12.5. The SMILES string of the molecule is CCOc1ccc(NC(=O)c2ccnc(Nc3cccc(C)c3C)n2)cc1. The number of aryl methyl sites for hydroxylation is 1. The number of nitrogens with zero attached hydrogens (tertiary/aromatic N) is 2. The fourth-order valence-corrected chi connectivity index (χ4v) is 2.55. The molecule has 0 aliphatic carbocycles. The van der Waals surface area contributed by atoms with Crippen LogP contribution in [0.1, 0.15) is 28.5 Å². The zero-order chi connectivity index (χ0) is 19.2. The Morgan fingerprint density at radius 2 is 1.85 bits per heavy atom. The molecular weight excluding hydrogens is 340 g/mol. The minimum absolute atomic E-state index is 0.284. The number of rotatable bonds is 6. The lowest BCUT2D eigenvalue weighted by atomic mass is 10.1. The fourth-order valence-electron chi connectivity index (χ4n) is 2.55. The normalized spacial score (nSPS) is 10.3. The predicted octanol–water partition coefficient (Wildman–Crippen LogP) is 4.49. The standard InChI is InChI=1S/C21H22N4O2/c1-4-27-17-10-8-16(9-11-17)23-20(26)19-12-13-22-21(25-19)24-18-7-5-6-14(2)15(18)3/h5-13H,4H2,1-3H3,(H,23,26)(H,22,24,25). The number of carbonyl (C=O) groups excluding carboxylic acids is 1. The molecule has 6 nitrogen and oxygen atoms in total. The third kappa shape index (κ3) is 4.61. The van der Waals surface area contributed by atoms with Crippen LogP contribution in [0.3, 0.4) is 0 Å². The third-order valence-corrected chi connectivity index (χ3v) is 4.16. The van der Waals surface area contributed by atoms with Gasteiger partial charge in [0, 0.05) is 17.6 Å². The smallest absolute Gasteiger partial charge is 0.274 e.